The van der Waals surface area contributed by atoms with Crippen LogP contribution in [0, 0.1) is 17.1 Å². The van der Waals surface area contributed by atoms with E-state index in [0.717, 1.165) is 0 Å². The molecule has 2 aromatic carbocycles. The smallest absolute Gasteiger partial charge is 0.224 e. The molecule has 1 aromatic heterocycles. The Morgan fingerprint density at radius 3 is 2.35 bits per heavy atom. The van der Waals surface area contributed by atoms with Crippen molar-refractivity contribution in [2.24, 2.45) is 0 Å². The summed E-state index contributed by atoms with van der Waals surface area (Å²) in [6.45, 7) is 0.386. The number of nitrogens with two attached hydrogens (primary N) is 1. The largest absolute Gasteiger partial charge is 0.493 e. The van der Waals surface area contributed by atoms with E-state index >= 15 is 0 Å². The Kier molecular flexibility index (Phi) is 7.92. The van der Waals surface area contributed by atoms with Gasteiger partial charge in [0.1, 0.15) is 23.3 Å². The van der Waals surface area contributed by atoms with Gasteiger partial charge in [0.15, 0.2) is 11.5 Å². The molecular weight excluding hydrogens is 441 g/mol. The van der Waals surface area contributed by atoms with Crippen molar-refractivity contribution < 1.29 is 23.4 Å². The lowest BCUT2D eigenvalue weighted by atomic mass is 10.1. The topological polar surface area (TPSA) is 124 Å². The number of rotatable bonds is 10. The first-order chi connectivity index (χ1) is 16.4. The van der Waals surface area contributed by atoms with Crippen LogP contribution in [0.25, 0.3) is 5.69 Å². The standard InChI is InChI=1S/C24H26FN5O4/c1-32-20-11-15(12-21(33-2)23(20)34-3)13-22(31)28-10-4-5-19-18(14-26)24(27)30(29-19)17-8-6-16(25)7-9-17/h6-9,11-12H,4-5,10,13,27H2,1-3H3,(H,28,31). The third-order valence-corrected chi connectivity index (χ3v) is 5.18. The molecular formula is C24H26FN5O4. The molecule has 3 rings (SSSR count). The third kappa shape index (κ3) is 5.38. The van der Waals surface area contributed by atoms with Gasteiger partial charge in [-0.05, 0) is 54.8 Å². The van der Waals surface area contributed by atoms with Gasteiger partial charge in [-0.1, -0.05) is 0 Å². The minimum Gasteiger partial charge on any atom is -0.493 e. The molecule has 3 N–H and O–H groups in total. The highest BCUT2D eigenvalue weighted by Crippen LogP contribution is 2.38. The zero-order chi connectivity index (χ0) is 24.7. The van der Waals surface area contributed by atoms with E-state index in [1.165, 1.54) is 50.3 Å². The number of ether oxygens (including phenoxy) is 3. The molecule has 178 valence electrons. The number of methoxy groups -OCH3 is 3. The van der Waals surface area contributed by atoms with Gasteiger partial charge in [0.05, 0.1) is 39.1 Å². The summed E-state index contributed by atoms with van der Waals surface area (Å²) in [5, 5.41) is 16.8. The second-order valence-corrected chi connectivity index (χ2v) is 7.37. The number of hydrogen-bond acceptors (Lipinski definition) is 7. The van der Waals surface area contributed by atoms with E-state index < -0.39 is 0 Å². The van der Waals surface area contributed by atoms with Gasteiger partial charge in [-0.2, -0.15) is 10.4 Å². The molecule has 1 heterocycles. The molecule has 0 fully saturated rings. The molecule has 0 spiro atoms. The molecule has 9 nitrogen and oxygen atoms in total. The van der Waals surface area contributed by atoms with E-state index in [0.29, 0.717) is 53.6 Å². The van der Waals surface area contributed by atoms with Crippen LogP contribution in [0.5, 0.6) is 17.2 Å². The Hall–Kier alpha value is -4.26. The van der Waals surface area contributed by atoms with Gasteiger partial charge in [-0.3, -0.25) is 4.79 Å². The maximum absolute atomic E-state index is 13.2. The number of benzene rings is 2. The van der Waals surface area contributed by atoms with Crippen molar-refractivity contribution in [3.63, 3.8) is 0 Å². The van der Waals surface area contributed by atoms with Crippen molar-refractivity contribution in [3.8, 4) is 29.0 Å². The summed E-state index contributed by atoms with van der Waals surface area (Å²) >= 11 is 0. The van der Waals surface area contributed by atoms with Crippen molar-refractivity contribution in [1.29, 1.82) is 5.26 Å². The number of carbonyl (C=O) groups excluding carboxylic acids is 1. The fourth-order valence-electron chi connectivity index (χ4n) is 3.52. The van der Waals surface area contributed by atoms with Crippen LogP contribution in [-0.2, 0) is 17.6 Å². The van der Waals surface area contributed by atoms with Crippen LogP contribution in [0.1, 0.15) is 23.2 Å². The van der Waals surface area contributed by atoms with Crippen molar-refractivity contribution in [2.45, 2.75) is 19.3 Å². The Labute approximate surface area is 196 Å². The Morgan fingerprint density at radius 1 is 1.15 bits per heavy atom. The van der Waals surface area contributed by atoms with Crippen LogP contribution in [0.2, 0.25) is 0 Å². The van der Waals surface area contributed by atoms with E-state index in [2.05, 4.69) is 16.5 Å². The van der Waals surface area contributed by atoms with Crippen LogP contribution in [0.4, 0.5) is 10.2 Å². The average Bonchev–Trinajstić information content (AvgIpc) is 3.16. The summed E-state index contributed by atoms with van der Waals surface area (Å²) < 4.78 is 30.6. The van der Waals surface area contributed by atoms with E-state index in [9.17, 15) is 14.4 Å². The number of aryl methyl sites for hydroxylation is 1. The summed E-state index contributed by atoms with van der Waals surface area (Å²) in [5.74, 6) is 1.05. The highest BCUT2D eigenvalue weighted by atomic mass is 19.1. The van der Waals surface area contributed by atoms with Crippen LogP contribution in [0.15, 0.2) is 36.4 Å². The fourth-order valence-corrected chi connectivity index (χ4v) is 3.52. The third-order valence-electron chi connectivity index (χ3n) is 5.18. The number of carbonyl (C=O) groups is 1. The van der Waals surface area contributed by atoms with Crippen LogP contribution >= 0.6 is 0 Å². The number of amides is 1. The van der Waals surface area contributed by atoms with E-state index in [-0.39, 0.29) is 29.5 Å². The summed E-state index contributed by atoms with van der Waals surface area (Å²) in [7, 11) is 4.54. The molecule has 1 amide bonds. The predicted octanol–water partition coefficient (Wildman–Crippen LogP) is 2.78. The van der Waals surface area contributed by atoms with Gasteiger partial charge >= 0.3 is 0 Å². The zero-order valence-corrected chi connectivity index (χ0v) is 19.2. The molecule has 0 bridgehead atoms. The number of nitrogens with one attached hydrogen (secondary N) is 1. The molecule has 0 aliphatic carbocycles. The molecule has 0 aliphatic rings. The molecule has 3 aromatic rings. The summed E-state index contributed by atoms with van der Waals surface area (Å²) in [6, 6.07) is 11.2. The SMILES string of the molecule is COc1cc(CC(=O)NCCCc2nn(-c3ccc(F)cc3)c(N)c2C#N)cc(OC)c1OC. The lowest BCUT2D eigenvalue weighted by Crippen LogP contribution is -2.26. The number of nitrogen functional groups attached to an aromatic ring is 1. The van der Waals surface area contributed by atoms with Crippen molar-refractivity contribution in [1.82, 2.24) is 15.1 Å². The van der Waals surface area contributed by atoms with Crippen LogP contribution in [0.3, 0.4) is 0 Å². The van der Waals surface area contributed by atoms with Gasteiger partial charge < -0.3 is 25.3 Å². The van der Waals surface area contributed by atoms with Gasteiger partial charge in [-0.15, -0.1) is 0 Å². The number of halogens is 1. The number of hydrogen-bond donors (Lipinski definition) is 2. The molecule has 0 saturated carbocycles. The second kappa shape index (κ2) is 11.0. The van der Waals surface area contributed by atoms with Crippen LogP contribution in [-0.4, -0.2) is 43.6 Å². The molecule has 0 aliphatic heterocycles. The summed E-state index contributed by atoms with van der Waals surface area (Å²) in [5.41, 5.74) is 8.13. The van der Waals surface area contributed by atoms with E-state index in [1.54, 1.807) is 12.1 Å². The fraction of sp³-hybridized carbons (Fsp3) is 0.292. The first-order valence-electron chi connectivity index (χ1n) is 10.5. The maximum Gasteiger partial charge on any atom is 0.224 e. The monoisotopic (exact) mass is 467 g/mol. The van der Waals surface area contributed by atoms with Gasteiger partial charge in [0.2, 0.25) is 11.7 Å². The van der Waals surface area contributed by atoms with E-state index in [1.807, 2.05) is 0 Å². The Morgan fingerprint density at radius 2 is 1.79 bits per heavy atom. The number of anilines is 1. The van der Waals surface area contributed by atoms with E-state index in [4.69, 9.17) is 19.9 Å². The highest BCUT2D eigenvalue weighted by Gasteiger charge is 2.17. The van der Waals surface area contributed by atoms with Gasteiger partial charge in [0, 0.05) is 6.54 Å². The van der Waals surface area contributed by atoms with Crippen molar-refractivity contribution >= 4 is 11.7 Å². The normalized spacial score (nSPS) is 10.4. The van der Waals surface area contributed by atoms with Crippen molar-refractivity contribution in [3.05, 3.63) is 59.0 Å². The number of nitriles is 1. The zero-order valence-electron chi connectivity index (χ0n) is 19.2. The lowest BCUT2D eigenvalue weighted by Gasteiger charge is -2.14. The van der Waals surface area contributed by atoms with Gasteiger partial charge in [-0.25, -0.2) is 9.07 Å². The minimum atomic E-state index is -0.377. The molecule has 0 atom stereocenters. The molecule has 0 saturated heterocycles. The first kappa shape index (κ1) is 24.4. The van der Waals surface area contributed by atoms with Crippen molar-refractivity contribution in [2.75, 3.05) is 33.6 Å². The quantitative estimate of drug-likeness (QED) is 0.439. The first-order valence-corrected chi connectivity index (χ1v) is 10.5. The maximum atomic E-state index is 13.2. The predicted molar refractivity (Wildman–Crippen MR) is 124 cm³/mol. The molecule has 34 heavy (non-hydrogen) atoms. The number of aromatic nitrogens is 2. The Balaban J connectivity index is 1.60. The highest BCUT2D eigenvalue weighted by molar-refractivity contribution is 5.79. The summed E-state index contributed by atoms with van der Waals surface area (Å²) in [6.07, 6.45) is 1.12. The summed E-state index contributed by atoms with van der Waals surface area (Å²) in [4.78, 5) is 12.4. The number of nitrogens with zero attached hydrogens (tertiary/aromatic N) is 3. The van der Waals surface area contributed by atoms with Gasteiger partial charge in [0.25, 0.3) is 0 Å². The average molecular weight is 468 g/mol. The molecule has 0 unspecified atom stereocenters. The molecule has 10 heteroatoms. The second-order valence-electron chi connectivity index (χ2n) is 7.37. The Bertz CT molecular complexity index is 1180. The minimum absolute atomic E-state index is 0.131. The van der Waals surface area contributed by atoms with Crippen LogP contribution < -0.4 is 25.3 Å². The lowest BCUT2D eigenvalue weighted by molar-refractivity contribution is -0.120. The molecule has 0 radical (unpaired) electrons.